The highest BCUT2D eigenvalue weighted by atomic mass is 16.6. The minimum absolute atomic E-state index is 0.128. The third kappa shape index (κ3) is 1.92. The number of carbonyl (C=O) groups is 1. The zero-order valence-electron chi connectivity index (χ0n) is 11.7. The fourth-order valence-electron chi connectivity index (χ4n) is 3.48. The Morgan fingerprint density at radius 2 is 2.16 bits per heavy atom. The standard InChI is InChI=1S/C16H21NO2/c1-3-4-10-19-16(18)17-13-8-9-14(17)15-11(2)6-5-7-12(13)15/h5-7,13-14H,3-4,8-10H2,1-2H3/t13-,14+/m0/s1. The van der Waals surface area contributed by atoms with Crippen LogP contribution in [0.1, 0.15) is 61.4 Å². The summed E-state index contributed by atoms with van der Waals surface area (Å²) in [6, 6.07) is 6.89. The predicted octanol–water partition coefficient (Wildman–Crippen LogP) is 4.12. The van der Waals surface area contributed by atoms with Gasteiger partial charge in [0.1, 0.15) is 0 Å². The molecule has 1 fully saturated rings. The lowest BCUT2D eigenvalue weighted by Crippen LogP contribution is -2.29. The molecule has 1 aromatic carbocycles. The molecule has 0 N–H and O–H groups in total. The Morgan fingerprint density at radius 3 is 2.89 bits per heavy atom. The van der Waals surface area contributed by atoms with Crippen molar-refractivity contribution in [2.45, 2.75) is 51.6 Å². The van der Waals surface area contributed by atoms with Crippen LogP contribution in [0.15, 0.2) is 18.2 Å². The molecule has 1 aromatic rings. The van der Waals surface area contributed by atoms with Crippen LogP contribution >= 0.6 is 0 Å². The first kappa shape index (κ1) is 12.5. The molecule has 2 heterocycles. The van der Waals surface area contributed by atoms with Crippen molar-refractivity contribution in [2.24, 2.45) is 0 Å². The molecule has 0 saturated carbocycles. The van der Waals surface area contributed by atoms with Crippen LogP contribution in [0.5, 0.6) is 0 Å². The lowest BCUT2D eigenvalue weighted by atomic mass is 9.89. The second-order valence-corrected chi connectivity index (χ2v) is 5.56. The van der Waals surface area contributed by atoms with Crippen molar-refractivity contribution >= 4 is 6.09 Å². The first-order valence-electron chi connectivity index (χ1n) is 7.28. The van der Waals surface area contributed by atoms with Crippen LogP contribution in [0.4, 0.5) is 4.79 Å². The molecule has 1 amide bonds. The van der Waals surface area contributed by atoms with E-state index in [2.05, 4.69) is 32.0 Å². The molecule has 3 heteroatoms. The second kappa shape index (κ2) is 4.87. The van der Waals surface area contributed by atoms with Crippen molar-refractivity contribution < 1.29 is 9.53 Å². The number of unbranched alkanes of at least 4 members (excludes halogenated alkanes) is 1. The summed E-state index contributed by atoms with van der Waals surface area (Å²) >= 11 is 0. The zero-order chi connectivity index (χ0) is 13.4. The largest absolute Gasteiger partial charge is 0.449 e. The van der Waals surface area contributed by atoms with Crippen LogP contribution in [0.2, 0.25) is 0 Å². The van der Waals surface area contributed by atoms with E-state index in [4.69, 9.17) is 4.74 Å². The highest BCUT2D eigenvalue weighted by Crippen LogP contribution is 2.54. The SMILES string of the molecule is CCCCOC(=O)N1[C@@H]2CC[C@H]1c1cccc(C)c12. The molecule has 2 atom stereocenters. The van der Waals surface area contributed by atoms with E-state index < -0.39 is 0 Å². The topological polar surface area (TPSA) is 29.5 Å². The Labute approximate surface area is 114 Å². The fraction of sp³-hybridized carbons (Fsp3) is 0.562. The molecule has 102 valence electrons. The monoisotopic (exact) mass is 259 g/mol. The molecule has 0 spiro atoms. The van der Waals surface area contributed by atoms with Crippen molar-refractivity contribution in [3.05, 3.63) is 34.9 Å². The molecule has 2 bridgehead atoms. The summed E-state index contributed by atoms with van der Waals surface area (Å²) in [4.78, 5) is 14.2. The number of ether oxygens (including phenoxy) is 1. The number of hydrogen-bond donors (Lipinski definition) is 0. The van der Waals surface area contributed by atoms with Gasteiger partial charge in [0.15, 0.2) is 0 Å². The molecule has 19 heavy (non-hydrogen) atoms. The molecule has 2 aliphatic heterocycles. The Hall–Kier alpha value is -1.51. The van der Waals surface area contributed by atoms with Crippen LogP contribution in [-0.4, -0.2) is 17.6 Å². The van der Waals surface area contributed by atoms with Crippen LogP contribution < -0.4 is 0 Å². The van der Waals surface area contributed by atoms with Gasteiger partial charge in [-0.1, -0.05) is 31.5 Å². The summed E-state index contributed by atoms with van der Waals surface area (Å²) in [5, 5.41) is 0. The highest BCUT2D eigenvalue weighted by molar-refractivity contribution is 5.72. The molecular formula is C16H21NO2. The van der Waals surface area contributed by atoms with Crippen LogP contribution in [0.3, 0.4) is 0 Å². The second-order valence-electron chi connectivity index (χ2n) is 5.56. The van der Waals surface area contributed by atoms with Gasteiger partial charge in [0.05, 0.1) is 18.7 Å². The van der Waals surface area contributed by atoms with Crippen LogP contribution in [0, 0.1) is 6.92 Å². The van der Waals surface area contributed by atoms with Crippen molar-refractivity contribution in [3.63, 3.8) is 0 Å². The quantitative estimate of drug-likeness (QED) is 0.764. The van der Waals surface area contributed by atoms with E-state index in [9.17, 15) is 4.79 Å². The molecule has 2 aliphatic rings. The van der Waals surface area contributed by atoms with Gasteiger partial charge in [-0.25, -0.2) is 4.79 Å². The molecule has 1 saturated heterocycles. The van der Waals surface area contributed by atoms with Gasteiger partial charge in [0.25, 0.3) is 0 Å². The molecule has 0 radical (unpaired) electrons. The minimum Gasteiger partial charge on any atom is -0.449 e. The molecule has 0 aromatic heterocycles. The molecule has 0 unspecified atom stereocenters. The Morgan fingerprint density at radius 1 is 1.37 bits per heavy atom. The van der Waals surface area contributed by atoms with Crippen molar-refractivity contribution in [3.8, 4) is 0 Å². The number of fused-ring (bicyclic) bond motifs is 5. The number of amides is 1. The van der Waals surface area contributed by atoms with E-state index in [0.717, 1.165) is 25.7 Å². The van der Waals surface area contributed by atoms with Crippen LogP contribution in [-0.2, 0) is 4.74 Å². The Balaban J connectivity index is 1.81. The van der Waals surface area contributed by atoms with Crippen molar-refractivity contribution in [1.29, 1.82) is 0 Å². The van der Waals surface area contributed by atoms with E-state index in [1.54, 1.807) is 0 Å². The van der Waals surface area contributed by atoms with E-state index in [0.29, 0.717) is 6.61 Å². The van der Waals surface area contributed by atoms with Gasteiger partial charge in [-0.3, -0.25) is 4.90 Å². The first-order valence-corrected chi connectivity index (χ1v) is 7.28. The molecule has 3 nitrogen and oxygen atoms in total. The lowest BCUT2D eigenvalue weighted by Gasteiger charge is -2.22. The predicted molar refractivity (Wildman–Crippen MR) is 74.0 cm³/mol. The summed E-state index contributed by atoms with van der Waals surface area (Å²) in [5.74, 6) is 0. The van der Waals surface area contributed by atoms with Gasteiger partial charge in [-0.15, -0.1) is 0 Å². The van der Waals surface area contributed by atoms with E-state index in [1.165, 1.54) is 16.7 Å². The highest BCUT2D eigenvalue weighted by Gasteiger charge is 2.47. The Bertz CT molecular complexity index is 498. The summed E-state index contributed by atoms with van der Waals surface area (Å²) < 4.78 is 5.41. The summed E-state index contributed by atoms with van der Waals surface area (Å²) in [6.45, 7) is 4.79. The smallest absolute Gasteiger partial charge is 0.410 e. The number of aryl methyl sites for hydroxylation is 1. The normalized spacial score (nSPS) is 23.6. The first-order chi connectivity index (χ1) is 9.24. The average molecular weight is 259 g/mol. The maximum Gasteiger partial charge on any atom is 0.410 e. The van der Waals surface area contributed by atoms with Gasteiger partial charge in [0.2, 0.25) is 0 Å². The lowest BCUT2D eigenvalue weighted by molar-refractivity contribution is 0.0889. The zero-order valence-corrected chi connectivity index (χ0v) is 11.7. The third-order valence-corrected chi connectivity index (χ3v) is 4.37. The third-order valence-electron chi connectivity index (χ3n) is 4.37. The average Bonchev–Trinajstić information content (AvgIpc) is 2.96. The van der Waals surface area contributed by atoms with Crippen molar-refractivity contribution in [1.82, 2.24) is 4.90 Å². The summed E-state index contributed by atoms with van der Waals surface area (Å²) in [6.07, 6.45) is 4.02. The van der Waals surface area contributed by atoms with Gasteiger partial charge < -0.3 is 4.74 Å². The number of benzene rings is 1. The van der Waals surface area contributed by atoms with E-state index >= 15 is 0 Å². The van der Waals surface area contributed by atoms with Gasteiger partial charge in [-0.2, -0.15) is 0 Å². The van der Waals surface area contributed by atoms with Crippen molar-refractivity contribution in [2.75, 3.05) is 6.61 Å². The Kier molecular flexibility index (Phi) is 3.21. The molecular weight excluding hydrogens is 238 g/mol. The van der Waals surface area contributed by atoms with E-state index in [1.807, 2.05) is 4.90 Å². The number of rotatable bonds is 3. The summed E-state index contributed by atoms with van der Waals surface area (Å²) in [5.41, 5.74) is 4.01. The van der Waals surface area contributed by atoms with Gasteiger partial charge in [-0.05, 0) is 42.9 Å². The number of hydrogen-bond acceptors (Lipinski definition) is 2. The van der Waals surface area contributed by atoms with E-state index in [-0.39, 0.29) is 18.2 Å². The summed E-state index contributed by atoms with van der Waals surface area (Å²) in [7, 11) is 0. The number of carbonyl (C=O) groups excluding carboxylic acids is 1. The maximum atomic E-state index is 12.3. The maximum absolute atomic E-state index is 12.3. The van der Waals surface area contributed by atoms with Crippen LogP contribution in [0.25, 0.3) is 0 Å². The minimum atomic E-state index is -0.128. The molecule has 3 rings (SSSR count). The molecule has 0 aliphatic carbocycles. The fourth-order valence-corrected chi connectivity index (χ4v) is 3.48. The van der Waals surface area contributed by atoms with Gasteiger partial charge in [0, 0.05) is 0 Å². The number of nitrogens with zero attached hydrogens (tertiary/aromatic N) is 1. The van der Waals surface area contributed by atoms with Gasteiger partial charge >= 0.3 is 6.09 Å².